The van der Waals surface area contributed by atoms with E-state index < -0.39 is 0 Å². The van der Waals surface area contributed by atoms with Gasteiger partial charge in [-0.15, -0.1) is 0 Å². The number of piperazine rings is 1. The monoisotopic (exact) mass is 298 g/mol. The van der Waals surface area contributed by atoms with Gasteiger partial charge >= 0.3 is 0 Å². The summed E-state index contributed by atoms with van der Waals surface area (Å²) >= 11 is 1.79. The van der Waals surface area contributed by atoms with E-state index in [2.05, 4.69) is 18.5 Å². The standard InChI is InChI=1S/C15H26N2O2S/c1-9(2)13-14(18)16-12(11-5-6-11)15(19)17(13)7-10(3)8-20-4/h9-13H,5-8H2,1-4H3,(H,16,18). The van der Waals surface area contributed by atoms with Crippen molar-refractivity contribution >= 4 is 23.6 Å². The Bertz CT molecular complexity index is 382. The molecule has 1 heterocycles. The lowest BCUT2D eigenvalue weighted by Crippen LogP contribution is -2.66. The summed E-state index contributed by atoms with van der Waals surface area (Å²) in [6.45, 7) is 6.88. The van der Waals surface area contributed by atoms with Crippen molar-refractivity contribution < 1.29 is 9.59 Å². The molecule has 1 saturated heterocycles. The predicted molar refractivity (Wildman–Crippen MR) is 82.5 cm³/mol. The SMILES string of the molecule is CSCC(C)CN1C(=O)C(C2CC2)NC(=O)C1C(C)C. The molecule has 0 spiro atoms. The molecule has 3 unspecified atom stereocenters. The highest BCUT2D eigenvalue weighted by Crippen LogP contribution is 2.36. The zero-order valence-electron chi connectivity index (χ0n) is 12.9. The number of carbonyl (C=O) groups excluding carboxylic acids is 2. The van der Waals surface area contributed by atoms with E-state index in [9.17, 15) is 9.59 Å². The Balaban J connectivity index is 2.14. The van der Waals surface area contributed by atoms with Gasteiger partial charge in [-0.25, -0.2) is 0 Å². The summed E-state index contributed by atoms with van der Waals surface area (Å²) < 4.78 is 0. The second-order valence-corrected chi connectivity index (χ2v) is 7.47. The Hall–Kier alpha value is -0.710. The number of hydrogen-bond acceptors (Lipinski definition) is 3. The van der Waals surface area contributed by atoms with Crippen LogP contribution in [-0.4, -0.2) is 47.4 Å². The molecule has 4 nitrogen and oxygen atoms in total. The van der Waals surface area contributed by atoms with Gasteiger partial charge in [0.25, 0.3) is 0 Å². The van der Waals surface area contributed by atoms with Gasteiger partial charge in [0.05, 0.1) is 0 Å². The third-order valence-corrected chi connectivity index (χ3v) is 5.04. The van der Waals surface area contributed by atoms with Crippen molar-refractivity contribution in [2.45, 2.75) is 45.7 Å². The van der Waals surface area contributed by atoms with Gasteiger partial charge < -0.3 is 10.2 Å². The van der Waals surface area contributed by atoms with Gasteiger partial charge in [0.15, 0.2) is 0 Å². The normalized spacial score (nSPS) is 28.8. The van der Waals surface area contributed by atoms with Crippen molar-refractivity contribution in [3.8, 4) is 0 Å². The fraction of sp³-hybridized carbons (Fsp3) is 0.867. The summed E-state index contributed by atoms with van der Waals surface area (Å²) in [5, 5.41) is 2.96. The van der Waals surface area contributed by atoms with Gasteiger partial charge in [0, 0.05) is 6.54 Å². The number of rotatable bonds is 6. The lowest BCUT2D eigenvalue weighted by Gasteiger charge is -2.42. The molecule has 114 valence electrons. The molecule has 1 aliphatic carbocycles. The van der Waals surface area contributed by atoms with Gasteiger partial charge in [-0.05, 0) is 42.6 Å². The fourth-order valence-electron chi connectivity index (χ4n) is 3.05. The van der Waals surface area contributed by atoms with Gasteiger partial charge in [-0.3, -0.25) is 9.59 Å². The van der Waals surface area contributed by atoms with Crippen LogP contribution in [0.25, 0.3) is 0 Å². The number of amides is 2. The van der Waals surface area contributed by atoms with Crippen molar-refractivity contribution in [3.05, 3.63) is 0 Å². The van der Waals surface area contributed by atoms with E-state index in [1.807, 2.05) is 18.7 Å². The van der Waals surface area contributed by atoms with E-state index in [1.54, 1.807) is 11.8 Å². The van der Waals surface area contributed by atoms with Crippen LogP contribution in [0.4, 0.5) is 0 Å². The van der Waals surface area contributed by atoms with Gasteiger partial charge in [-0.1, -0.05) is 20.8 Å². The number of nitrogens with one attached hydrogen (secondary N) is 1. The molecule has 2 aliphatic rings. The first-order valence-electron chi connectivity index (χ1n) is 7.55. The van der Waals surface area contributed by atoms with Gasteiger partial charge in [0.2, 0.25) is 11.8 Å². The highest BCUT2D eigenvalue weighted by Gasteiger charge is 2.47. The van der Waals surface area contributed by atoms with Crippen LogP contribution in [0, 0.1) is 17.8 Å². The van der Waals surface area contributed by atoms with Crippen LogP contribution >= 0.6 is 11.8 Å². The maximum absolute atomic E-state index is 12.7. The summed E-state index contributed by atoms with van der Waals surface area (Å²) in [6, 6.07) is -0.569. The largest absolute Gasteiger partial charge is 0.342 e. The Morgan fingerprint density at radius 1 is 1.30 bits per heavy atom. The second kappa shape index (κ2) is 6.37. The number of nitrogens with zero attached hydrogens (tertiary/aromatic N) is 1. The van der Waals surface area contributed by atoms with Crippen molar-refractivity contribution in [2.24, 2.45) is 17.8 Å². The average Bonchev–Trinajstić information content (AvgIpc) is 3.17. The quantitative estimate of drug-likeness (QED) is 0.813. The smallest absolute Gasteiger partial charge is 0.246 e. The van der Waals surface area contributed by atoms with E-state index in [-0.39, 0.29) is 29.8 Å². The van der Waals surface area contributed by atoms with Crippen molar-refractivity contribution in [1.29, 1.82) is 0 Å². The van der Waals surface area contributed by atoms with Gasteiger partial charge in [-0.2, -0.15) is 11.8 Å². The number of carbonyl (C=O) groups is 2. The molecule has 1 aliphatic heterocycles. The average molecular weight is 298 g/mol. The highest BCUT2D eigenvalue weighted by molar-refractivity contribution is 7.98. The van der Waals surface area contributed by atoms with Crippen LogP contribution in [0.1, 0.15) is 33.6 Å². The van der Waals surface area contributed by atoms with Crippen molar-refractivity contribution in [1.82, 2.24) is 10.2 Å². The predicted octanol–water partition coefficient (Wildman–Crippen LogP) is 1.75. The van der Waals surface area contributed by atoms with Crippen LogP contribution < -0.4 is 5.32 Å². The molecule has 5 heteroatoms. The summed E-state index contributed by atoms with van der Waals surface area (Å²) in [7, 11) is 0. The maximum atomic E-state index is 12.7. The van der Waals surface area contributed by atoms with E-state index in [4.69, 9.17) is 0 Å². The molecule has 2 fully saturated rings. The van der Waals surface area contributed by atoms with Crippen LogP contribution in [-0.2, 0) is 9.59 Å². The first-order chi connectivity index (χ1) is 9.45. The fourth-order valence-corrected chi connectivity index (χ4v) is 3.72. The molecule has 0 radical (unpaired) electrons. The highest BCUT2D eigenvalue weighted by atomic mass is 32.2. The Morgan fingerprint density at radius 2 is 1.95 bits per heavy atom. The minimum absolute atomic E-state index is 0.0350. The second-order valence-electron chi connectivity index (χ2n) is 6.56. The zero-order chi connectivity index (χ0) is 14.9. The first-order valence-corrected chi connectivity index (χ1v) is 8.94. The third kappa shape index (κ3) is 3.30. The lowest BCUT2D eigenvalue weighted by atomic mass is 9.94. The molecule has 0 bridgehead atoms. The lowest BCUT2D eigenvalue weighted by molar-refractivity contribution is -0.152. The molecule has 3 atom stereocenters. The van der Waals surface area contributed by atoms with E-state index in [1.165, 1.54) is 0 Å². The zero-order valence-corrected chi connectivity index (χ0v) is 13.7. The van der Waals surface area contributed by atoms with Gasteiger partial charge in [0.1, 0.15) is 12.1 Å². The number of thioether (sulfide) groups is 1. The molecule has 0 aromatic heterocycles. The van der Waals surface area contributed by atoms with E-state index in [0.29, 0.717) is 18.4 Å². The molecule has 0 aromatic rings. The van der Waals surface area contributed by atoms with E-state index in [0.717, 1.165) is 18.6 Å². The topological polar surface area (TPSA) is 49.4 Å². The first kappa shape index (κ1) is 15.7. The number of hydrogen-bond donors (Lipinski definition) is 1. The maximum Gasteiger partial charge on any atom is 0.246 e. The Morgan fingerprint density at radius 3 is 2.45 bits per heavy atom. The molecule has 1 N–H and O–H groups in total. The molecular formula is C15H26N2O2S. The molecule has 2 amide bonds. The molecular weight excluding hydrogens is 272 g/mol. The molecule has 20 heavy (non-hydrogen) atoms. The Kier molecular flexibility index (Phi) is 4.99. The molecule has 2 rings (SSSR count). The third-order valence-electron chi connectivity index (χ3n) is 4.14. The molecule has 1 saturated carbocycles. The van der Waals surface area contributed by atoms with Crippen molar-refractivity contribution in [3.63, 3.8) is 0 Å². The van der Waals surface area contributed by atoms with Crippen LogP contribution in [0.15, 0.2) is 0 Å². The summed E-state index contributed by atoms with van der Waals surface area (Å²) in [4.78, 5) is 26.9. The summed E-state index contributed by atoms with van der Waals surface area (Å²) in [5.74, 6) is 2.13. The minimum atomic E-state index is -0.304. The summed E-state index contributed by atoms with van der Waals surface area (Å²) in [5.41, 5.74) is 0. The van der Waals surface area contributed by atoms with Crippen LogP contribution in [0.3, 0.4) is 0 Å². The van der Waals surface area contributed by atoms with E-state index >= 15 is 0 Å². The molecule has 0 aromatic carbocycles. The van der Waals surface area contributed by atoms with Crippen LogP contribution in [0.5, 0.6) is 0 Å². The summed E-state index contributed by atoms with van der Waals surface area (Å²) in [6.07, 6.45) is 4.21. The Labute approximate surface area is 126 Å². The minimum Gasteiger partial charge on any atom is -0.342 e. The van der Waals surface area contributed by atoms with Crippen LogP contribution in [0.2, 0.25) is 0 Å². The van der Waals surface area contributed by atoms with Crippen molar-refractivity contribution in [2.75, 3.05) is 18.6 Å².